The smallest absolute Gasteiger partial charge is 0.213 e. The molecule has 13 heavy (non-hydrogen) atoms. The Morgan fingerprint density at radius 2 is 2.00 bits per heavy atom. The van der Waals surface area contributed by atoms with Crippen LogP contribution >= 0.6 is 32.8 Å². The normalized spacial score (nSPS) is 11.2. The van der Waals surface area contributed by atoms with E-state index < -0.39 is 7.01 Å². The van der Waals surface area contributed by atoms with E-state index >= 15 is 0 Å². The molecule has 70 valence electrons. The Kier molecular flexibility index (Phi) is 3.25. The lowest BCUT2D eigenvalue weighted by atomic mass is 10.3. The Morgan fingerprint density at radius 1 is 1.38 bits per heavy atom. The molecule has 0 aliphatic rings. The van der Waals surface area contributed by atoms with Gasteiger partial charge in [-0.1, -0.05) is 11.6 Å². The van der Waals surface area contributed by atoms with Crippen LogP contribution in [0.1, 0.15) is 0 Å². The first-order chi connectivity index (χ1) is 5.95. The summed E-state index contributed by atoms with van der Waals surface area (Å²) in [5.41, 5.74) is 0.0413. The largest absolute Gasteiger partial charge is 0.232 e. The van der Waals surface area contributed by atoms with Gasteiger partial charge < -0.3 is 0 Å². The number of nitroso groups, excluding NO2 is 1. The summed E-state index contributed by atoms with van der Waals surface area (Å²) in [5.74, 6) is 0. The van der Waals surface area contributed by atoms with Crippen molar-refractivity contribution in [2.24, 2.45) is 5.18 Å². The fourth-order valence-corrected chi connectivity index (χ4v) is 3.20. The van der Waals surface area contributed by atoms with Crippen LogP contribution in [-0.4, -0.2) is 8.42 Å². The first kappa shape index (κ1) is 10.9. The molecule has 0 saturated carbocycles. The topological polar surface area (TPSA) is 63.6 Å². The molecule has 1 aromatic rings. The molecular formula is C6H3ClINO3S. The van der Waals surface area contributed by atoms with Gasteiger partial charge in [-0.15, -0.1) is 4.91 Å². The molecule has 4 nitrogen and oxygen atoms in total. The highest BCUT2D eigenvalue weighted by atomic mass is 127. The van der Waals surface area contributed by atoms with Crippen LogP contribution in [0.25, 0.3) is 0 Å². The third kappa shape index (κ3) is 2.61. The van der Waals surface area contributed by atoms with E-state index in [4.69, 9.17) is 11.6 Å². The van der Waals surface area contributed by atoms with E-state index in [1.165, 1.54) is 33.3 Å². The summed E-state index contributed by atoms with van der Waals surface area (Å²) < 4.78 is 22.2. The van der Waals surface area contributed by atoms with Crippen LogP contribution in [0.4, 0.5) is 5.69 Å². The molecule has 0 saturated heterocycles. The lowest BCUT2D eigenvalue weighted by molar-refractivity contribution is 0.612. The summed E-state index contributed by atoms with van der Waals surface area (Å²) in [6, 6.07) is 3.81. The molecule has 0 unspecified atom stereocenters. The zero-order valence-corrected chi connectivity index (χ0v) is 9.80. The SMILES string of the molecule is O=Nc1ccc(Cl)c(S(=O)(=O)I)c1. The van der Waals surface area contributed by atoms with Crippen molar-refractivity contribution in [3.8, 4) is 0 Å². The minimum absolute atomic E-state index is 0.0413. The average Bonchev–Trinajstić information content (AvgIpc) is 2.03. The van der Waals surface area contributed by atoms with E-state index in [0.717, 1.165) is 6.07 Å². The van der Waals surface area contributed by atoms with Crippen molar-refractivity contribution in [1.29, 1.82) is 0 Å². The molecule has 7 heteroatoms. The van der Waals surface area contributed by atoms with Crippen LogP contribution in [0.15, 0.2) is 28.3 Å². The van der Waals surface area contributed by atoms with Crippen LogP contribution in [0.2, 0.25) is 5.02 Å². The molecule has 0 spiro atoms. The molecule has 1 rings (SSSR count). The van der Waals surface area contributed by atoms with Crippen molar-refractivity contribution < 1.29 is 8.42 Å². The van der Waals surface area contributed by atoms with E-state index in [9.17, 15) is 13.3 Å². The summed E-state index contributed by atoms with van der Waals surface area (Å²) >= 11 is 6.86. The summed E-state index contributed by atoms with van der Waals surface area (Å²) in [4.78, 5) is 10.0. The number of halogens is 2. The van der Waals surface area contributed by atoms with Crippen molar-refractivity contribution in [2.45, 2.75) is 4.90 Å². The summed E-state index contributed by atoms with van der Waals surface area (Å²) in [7, 11) is -3.43. The second kappa shape index (κ2) is 3.89. The van der Waals surface area contributed by atoms with Crippen molar-refractivity contribution in [2.75, 3.05) is 0 Å². The highest BCUT2D eigenvalue weighted by Crippen LogP contribution is 2.29. The third-order valence-corrected chi connectivity index (χ3v) is 4.01. The van der Waals surface area contributed by atoms with Crippen molar-refractivity contribution in [1.82, 2.24) is 0 Å². The van der Waals surface area contributed by atoms with Crippen LogP contribution < -0.4 is 0 Å². The molecule has 0 N–H and O–H groups in total. The predicted octanol–water partition coefficient (Wildman–Crippen LogP) is 2.86. The maximum absolute atomic E-state index is 11.1. The fourth-order valence-electron chi connectivity index (χ4n) is 0.736. The molecule has 0 fully saturated rings. The van der Waals surface area contributed by atoms with E-state index in [1.807, 2.05) is 0 Å². The van der Waals surface area contributed by atoms with Gasteiger partial charge in [-0.25, -0.2) is 8.42 Å². The standard InChI is InChI=1S/C6H3ClINO3S/c7-5-2-1-4(9-10)3-6(5)13(8,11)12/h1-3H. The van der Waals surface area contributed by atoms with Gasteiger partial charge in [-0.2, -0.15) is 0 Å². The predicted molar refractivity (Wildman–Crippen MR) is 58.1 cm³/mol. The van der Waals surface area contributed by atoms with Gasteiger partial charge in [0.2, 0.25) is 7.01 Å². The minimum atomic E-state index is -3.43. The van der Waals surface area contributed by atoms with Gasteiger partial charge in [0, 0.05) is 0 Å². The molecule has 0 aliphatic carbocycles. The highest BCUT2D eigenvalue weighted by molar-refractivity contribution is 14.2. The average molecular weight is 332 g/mol. The maximum atomic E-state index is 11.1. The Hall–Kier alpha value is -0.210. The number of rotatable bonds is 2. The van der Waals surface area contributed by atoms with Crippen LogP contribution in [-0.2, 0) is 7.01 Å². The molecule has 0 amide bonds. The molecule has 0 aliphatic heterocycles. The molecule has 1 aromatic carbocycles. The Bertz CT molecular complexity index is 445. The lowest BCUT2D eigenvalue weighted by Crippen LogP contribution is -1.90. The second-order valence-corrected chi connectivity index (χ2v) is 7.35. The molecule has 0 atom stereocenters. The van der Waals surface area contributed by atoms with Gasteiger partial charge in [0.25, 0.3) is 0 Å². The Balaban J connectivity index is 3.44. The van der Waals surface area contributed by atoms with Crippen LogP contribution in [0.3, 0.4) is 0 Å². The van der Waals surface area contributed by atoms with Crippen LogP contribution in [0.5, 0.6) is 0 Å². The molecular weight excluding hydrogens is 328 g/mol. The van der Waals surface area contributed by atoms with Gasteiger partial charge in [-0.05, 0) is 23.4 Å². The summed E-state index contributed by atoms with van der Waals surface area (Å²) in [5, 5.41) is 2.69. The van der Waals surface area contributed by atoms with Gasteiger partial charge in [0.1, 0.15) is 5.69 Å². The zero-order chi connectivity index (χ0) is 10.1. The maximum Gasteiger partial charge on any atom is 0.232 e. The number of benzene rings is 1. The molecule has 0 radical (unpaired) electrons. The number of hydrogen-bond donors (Lipinski definition) is 0. The van der Waals surface area contributed by atoms with E-state index in [0.29, 0.717) is 0 Å². The zero-order valence-electron chi connectivity index (χ0n) is 6.07. The number of nitrogens with zero attached hydrogens (tertiary/aromatic N) is 1. The van der Waals surface area contributed by atoms with Gasteiger partial charge in [0.15, 0.2) is 0 Å². The first-order valence-electron chi connectivity index (χ1n) is 3.02. The van der Waals surface area contributed by atoms with E-state index in [1.54, 1.807) is 0 Å². The van der Waals surface area contributed by atoms with Crippen LogP contribution in [0, 0.1) is 4.91 Å². The van der Waals surface area contributed by atoms with E-state index in [2.05, 4.69) is 5.18 Å². The number of hydrogen-bond acceptors (Lipinski definition) is 4. The highest BCUT2D eigenvalue weighted by Gasteiger charge is 2.14. The monoisotopic (exact) mass is 331 g/mol. The van der Waals surface area contributed by atoms with Crippen molar-refractivity contribution in [3.05, 3.63) is 28.1 Å². The molecule has 0 aromatic heterocycles. The third-order valence-electron chi connectivity index (χ3n) is 1.28. The van der Waals surface area contributed by atoms with Gasteiger partial charge >= 0.3 is 0 Å². The quantitative estimate of drug-likeness (QED) is 0.475. The van der Waals surface area contributed by atoms with Crippen molar-refractivity contribution >= 4 is 45.5 Å². The van der Waals surface area contributed by atoms with Crippen molar-refractivity contribution in [3.63, 3.8) is 0 Å². The Morgan fingerprint density at radius 3 is 2.46 bits per heavy atom. The summed E-state index contributed by atoms with van der Waals surface area (Å²) in [6.45, 7) is 0. The Labute approximate surface area is 91.8 Å². The minimum Gasteiger partial charge on any atom is -0.213 e. The van der Waals surface area contributed by atoms with Gasteiger partial charge in [0.05, 0.1) is 31.1 Å². The van der Waals surface area contributed by atoms with E-state index in [-0.39, 0.29) is 15.6 Å². The lowest BCUT2D eigenvalue weighted by Gasteiger charge is -1.99. The summed E-state index contributed by atoms with van der Waals surface area (Å²) in [6.07, 6.45) is 0. The van der Waals surface area contributed by atoms with Gasteiger partial charge in [-0.3, -0.25) is 0 Å². The molecule has 0 bridgehead atoms. The fraction of sp³-hybridized carbons (Fsp3) is 0. The molecule has 0 heterocycles. The second-order valence-electron chi connectivity index (χ2n) is 2.14. The first-order valence-corrected chi connectivity index (χ1v) is 7.43.